The number of anilines is 1. The molecule has 1 saturated heterocycles. The molecule has 186 valence electrons. The van der Waals surface area contributed by atoms with Crippen LogP contribution < -0.4 is 16.7 Å². The van der Waals surface area contributed by atoms with Crippen LogP contribution in [0.1, 0.15) is 20.0 Å². The summed E-state index contributed by atoms with van der Waals surface area (Å²) in [6, 6.07) is -0.229. The van der Waals surface area contributed by atoms with Gasteiger partial charge in [-0.2, -0.15) is 13.6 Å². The van der Waals surface area contributed by atoms with Gasteiger partial charge < -0.3 is 35.5 Å². The lowest BCUT2D eigenvalue weighted by Gasteiger charge is -2.28. The van der Waals surface area contributed by atoms with Crippen LogP contribution in [-0.2, 0) is 26.8 Å². The van der Waals surface area contributed by atoms with Crippen molar-refractivity contribution in [1.29, 1.82) is 0 Å². The van der Waals surface area contributed by atoms with E-state index in [-0.39, 0.29) is 5.82 Å². The monoisotopic (exact) mass is 534 g/mol. The predicted octanol–water partition coefficient (Wildman–Crippen LogP) is -1.86. The van der Waals surface area contributed by atoms with Crippen LogP contribution in [0.3, 0.4) is 0 Å². The van der Waals surface area contributed by atoms with E-state index >= 15 is 0 Å². The second kappa shape index (κ2) is 9.65. The van der Waals surface area contributed by atoms with Crippen molar-refractivity contribution >= 4 is 29.3 Å². The molecular formula is C13H21N4O13P3. The van der Waals surface area contributed by atoms with Crippen molar-refractivity contribution in [3.05, 3.63) is 22.7 Å². The first-order valence-corrected chi connectivity index (χ1v) is 13.2. The molecule has 33 heavy (non-hydrogen) atoms. The molecule has 0 aliphatic carbocycles. The third-order valence-corrected chi connectivity index (χ3v) is 8.16. The van der Waals surface area contributed by atoms with Crippen molar-refractivity contribution in [3.8, 4) is 11.8 Å². The SMILES string of the molecule is CC#CC1(O)C(O)[C@@H]([C@H](C)OP(=O)(O)OP(=O)(O)OP(=O)(O)O)N[C@H]1n1ccc(N)nc1=O. The van der Waals surface area contributed by atoms with Gasteiger partial charge in [0.25, 0.3) is 0 Å². The lowest BCUT2D eigenvalue weighted by Crippen LogP contribution is -2.48. The number of aromatic nitrogens is 2. The largest absolute Gasteiger partial charge is 0.490 e. The Bertz CT molecular complexity index is 1160. The van der Waals surface area contributed by atoms with Crippen molar-refractivity contribution in [1.82, 2.24) is 14.9 Å². The zero-order chi connectivity index (χ0) is 25.4. The number of hydrogen-bond donors (Lipinski definition) is 8. The van der Waals surface area contributed by atoms with E-state index in [4.69, 9.17) is 15.5 Å². The number of aliphatic hydroxyl groups is 2. The maximum atomic E-state index is 12.2. The number of aliphatic hydroxyl groups excluding tert-OH is 1. The molecule has 1 fully saturated rings. The van der Waals surface area contributed by atoms with E-state index in [1.165, 1.54) is 13.0 Å². The Balaban J connectivity index is 2.31. The van der Waals surface area contributed by atoms with E-state index in [9.17, 15) is 38.5 Å². The molecular weight excluding hydrogens is 513 g/mol. The number of nitrogens with zero attached hydrogens (tertiary/aromatic N) is 2. The maximum absolute atomic E-state index is 12.2. The summed E-state index contributed by atoms with van der Waals surface area (Å²) in [5.74, 6) is 4.59. The van der Waals surface area contributed by atoms with Crippen LogP contribution in [0.4, 0.5) is 5.82 Å². The van der Waals surface area contributed by atoms with E-state index in [1.54, 1.807) is 0 Å². The minimum Gasteiger partial charge on any atom is -0.387 e. The van der Waals surface area contributed by atoms with Crippen LogP contribution in [0, 0.1) is 11.8 Å². The topological polar surface area (TPSA) is 273 Å². The Labute approximate surface area is 185 Å². The molecule has 1 aromatic heterocycles. The third-order valence-electron chi connectivity index (χ3n) is 4.23. The second-order valence-electron chi connectivity index (χ2n) is 6.68. The summed E-state index contributed by atoms with van der Waals surface area (Å²) >= 11 is 0. The van der Waals surface area contributed by atoms with Crippen LogP contribution >= 0.6 is 23.5 Å². The maximum Gasteiger partial charge on any atom is 0.490 e. The van der Waals surface area contributed by atoms with Gasteiger partial charge in [-0.1, -0.05) is 5.92 Å². The molecule has 0 aromatic carbocycles. The highest BCUT2D eigenvalue weighted by molar-refractivity contribution is 7.66. The van der Waals surface area contributed by atoms with Crippen LogP contribution in [-0.4, -0.2) is 63.2 Å². The summed E-state index contributed by atoms with van der Waals surface area (Å²) in [5.41, 5.74) is 2.15. The standard InChI is InChI=1S/C13H21N4O13P3/c1-3-5-13(20)10(18)9(16-11(13)17-6-4-8(14)15-12(17)19)7(2)28-32(24,25)30-33(26,27)29-31(21,22)23/h4,6-7,9-11,16,18,20H,1-2H3,(H,24,25)(H,26,27)(H2,14,15,19)(H2,21,22,23)/t7-,9+,10?,11-,13?/m0/s1. The molecule has 0 bridgehead atoms. The Hall–Kier alpha value is -1.47. The molecule has 0 radical (unpaired) electrons. The van der Waals surface area contributed by atoms with Gasteiger partial charge in [0.1, 0.15) is 18.1 Å². The van der Waals surface area contributed by atoms with Crippen LogP contribution in [0.15, 0.2) is 17.1 Å². The highest BCUT2D eigenvalue weighted by atomic mass is 31.3. The van der Waals surface area contributed by atoms with Gasteiger partial charge >= 0.3 is 29.2 Å². The highest BCUT2D eigenvalue weighted by Crippen LogP contribution is 2.66. The summed E-state index contributed by atoms with van der Waals surface area (Å²) in [6.07, 6.45) is -3.79. The molecule has 0 amide bonds. The van der Waals surface area contributed by atoms with Gasteiger partial charge in [0, 0.05) is 6.20 Å². The molecule has 2 heterocycles. The zero-order valence-corrected chi connectivity index (χ0v) is 19.5. The molecule has 2 rings (SSSR count). The van der Waals surface area contributed by atoms with Gasteiger partial charge in [0.15, 0.2) is 5.60 Å². The molecule has 1 aromatic rings. The van der Waals surface area contributed by atoms with E-state index in [0.717, 1.165) is 17.7 Å². The summed E-state index contributed by atoms with van der Waals surface area (Å²) in [6.45, 7) is 2.40. The quantitative estimate of drug-likeness (QED) is 0.134. The number of rotatable bonds is 8. The van der Waals surface area contributed by atoms with Crippen molar-refractivity contribution in [2.45, 2.75) is 43.9 Å². The Morgan fingerprint density at radius 1 is 1.24 bits per heavy atom. The third kappa shape index (κ3) is 6.78. The van der Waals surface area contributed by atoms with Crippen molar-refractivity contribution in [2.75, 3.05) is 5.73 Å². The Morgan fingerprint density at radius 3 is 2.36 bits per heavy atom. The van der Waals surface area contributed by atoms with Gasteiger partial charge in [-0.15, -0.1) is 5.92 Å². The Kier molecular flexibility index (Phi) is 8.12. The van der Waals surface area contributed by atoms with Crippen molar-refractivity contribution in [3.63, 3.8) is 0 Å². The van der Waals surface area contributed by atoms with Gasteiger partial charge in [-0.25, -0.2) is 18.5 Å². The first kappa shape index (κ1) is 27.8. The van der Waals surface area contributed by atoms with E-state index in [2.05, 4.69) is 35.3 Å². The summed E-state index contributed by atoms with van der Waals surface area (Å²) in [5, 5.41) is 24.2. The average molecular weight is 534 g/mol. The molecule has 7 atom stereocenters. The van der Waals surface area contributed by atoms with Gasteiger partial charge in [0.2, 0.25) is 0 Å². The smallest absolute Gasteiger partial charge is 0.387 e. The molecule has 20 heteroatoms. The minimum absolute atomic E-state index is 0.127. The molecule has 0 saturated carbocycles. The molecule has 1 aliphatic heterocycles. The fourth-order valence-corrected chi connectivity index (χ4v) is 6.27. The summed E-state index contributed by atoms with van der Waals surface area (Å²) < 4.78 is 47.0. The van der Waals surface area contributed by atoms with E-state index < -0.39 is 59.2 Å². The molecule has 0 spiro atoms. The van der Waals surface area contributed by atoms with E-state index in [1.807, 2.05) is 0 Å². The first-order valence-electron chi connectivity index (χ1n) is 8.68. The number of nitrogens with two attached hydrogens (primary N) is 1. The summed E-state index contributed by atoms with van der Waals surface area (Å²) in [4.78, 5) is 51.8. The van der Waals surface area contributed by atoms with Crippen LogP contribution in [0.5, 0.6) is 0 Å². The number of hydrogen-bond acceptors (Lipinski definition) is 12. The number of phosphoric ester groups is 1. The van der Waals surface area contributed by atoms with Gasteiger partial charge in [0.05, 0.1) is 12.1 Å². The predicted molar refractivity (Wildman–Crippen MR) is 108 cm³/mol. The zero-order valence-electron chi connectivity index (χ0n) is 16.8. The van der Waals surface area contributed by atoms with Crippen molar-refractivity contribution < 1.29 is 56.6 Å². The second-order valence-corrected chi connectivity index (χ2v) is 11.1. The highest BCUT2D eigenvalue weighted by Gasteiger charge is 2.57. The average Bonchev–Trinajstić information content (AvgIpc) is 2.83. The molecule has 9 N–H and O–H groups in total. The van der Waals surface area contributed by atoms with Crippen LogP contribution in [0.2, 0.25) is 0 Å². The minimum atomic E-state index is -5.77. The van der Waals surface area contributed by atoms with Gasteiger partial charge in [-0.3, -0.25) is 14.4 Å². The Morgan fingerprint density at radius 2 is 1.85 bits per heavy atom. The fraction of sp³-hybridized carbons (Fsp3) is 0.538. The summed E-state index contributed by atoms with van der Waals surface area (Å²) in [7, 11) is -16.9. The number of phosphoric acid groups is 3. The van der Waals surface area contributed by atoms with Crippen molar-refractivity contribution in [2.24, 2.45) is 0 Å². The van der Waals surface area contributed by atoms with Crippen LogP contribution in [0.25, 0.3) is 0 Å². The fourth-order valence-electron chi connectivity index (χ4n) is 3.06. The molecule has 17 nitrogen and oxygen atoms in total. The number of nitrogens with one attached hydrogen (secondary N) is 1. The lowest BCUT2D eigenvalue weighted by atomic mass is 9.93. The number of nitrogen functional groups attached to an aromatic ring is 1. The van der Waals surface area contributed by atoms with Gasteiger partial charge in [-0.05, 0) is 19.9 Å². The van der Waals surface area contributed by atoms with E-state index in [0.29, 0.717) is 0 Å². The normalized spacial score (nSPS) is 30.0. The molecule has 1 aliphatic rings. The first-order chi connectivity index (χ1) is 14.9. The molecule has 4 unspecified atom stereocenters. The lowest BCUT2D eigenvalue weighted by molar-refractivity contribution is -0.0470.